The second kappa shape index (κ2) is 8.39. The number of aryl methyl sites for hydroxylation is 2. The molecule has 0 fully saturated rings. The first-order valence-electron chi connectivity index (χ1n) is 8.91. The summed E-state index contributed by atoms with van der Waals surface area (Å²) in [6.07, 6.45) is 0. The number of hydrogen-bond donors (Lipinski definition) is 2. The van der Waals surface area contributed by atoms with E-state index in [-0.39, 0.29) is 11.8 Å². The number of nitrogens with one attached hydrogen (secondary N) is 2. The number of hydrogen-bond acceptors (Lipinski definition) is 3. The molecule has 5 nitrogen and oxygen atoms in total. The van der Waals surface area contributed by atoms with Crippen LogP contribution in [0.1, 0.15) is 31.8 Å². The minimum Gasteiger partial charge on any atom is -0.495 e. The highest BCUT2D eigenvalue weighted by Gasteiger charge is 2.13. The van der Waals surface area contributed by atoms with Gasteiger partial charge in [-0.3, -0.25) is 9.59 Å². The lowest BCUT2D eigenvalue weighted by Gasteiger charge is -2.11. The standard InChI is InChI=1S/C23H22N2O3/c1-15-11-12-19(16(2)13-15)24-22(26)17-7-6-8-18(14-17)23(27)25-20-9-4-5-10-21(20)28-3/h4-14H,1-3H3,(H,24,26)(H,25,27). The van der Waals surface area contributed by atoms with E-state index in [1.54, 1.807) is 43.5 Å². The summed E-state index contributed by atoms with van der Waals surface area (Å²) in [7, 11) is 1.54. The van der Waals surface area contributed by atoms with Crippen molar-refractivity contribution in [2.45, 2.75) is 13.8 Å². The summed E-state index contributed by atoms with van der Waals surface area (Å²) in [5.41, 5.74) is 4.23. The maximum Gasteiger partial charge on any atom is 0.255 e. The summed E-state index contributed by atoms with van der Waals surface area (Å²) in [4.78, 5) is 25.2. The number of ether oxygens (including phenoxy) is 1. The molecule has 0 bridgehead atoms. The number of methoxy groups -OCH3 is 1. The van der Waals surface area contributed by atoms with E-state index >= 15 is 0 Å². The summed E-state index contributed by atoms with van der Waals surface area (Å²) in [6, 6.07) is 19.6. The van der Waals surface area contributed by atoms with Crippen LogP contribution >= 0.6 is 0 Å². The van der Waals surface area contributed by atoms with Crippen molar-refractivity contribution in [3.8, 4) is 5.75 Å². The Morgan fingerprint density at radius 3 is 2.04 bits per heavy atom. The highest BCUT2D eigenvalue weighted by Crippen LogP contribution is 2.24. The van der Waals surface area contributed by atoms with Gasteiger partial charge in [0.2, 0.25) is 0 Å². The third kappa shape index (κ3) is 4.38. The summed E-state index contributed by atoms with van der Waals surface area (Å²) in [5.74, 6) is -0.0100. The van der Waals surface area contributed by atoms with Gasteiger partial charge in [-0.1, -0.05) is 35.9 Å². The van der Waals surface area contributed by atoms with Crippen LogP contribution in [0.4, 0.5) is 11.4 Å². The van der Waals surface area contributed by atoms with E-state index in [1.165, 1.54) is 0 Å². The van der Waals surface area contributed by atoms with Gasteiger partial charge in [0.1, 0.15) is 5.75 Å². The van der Waals surface area contributed by atoms with Crippen molar-refractivity contribution < 1.29 is 14.3 Å². The fraction of sp³-hybridized carbons (Fsp3) is 0.130. The molecule has 0 unspecified atom stereocenters. The van der Waals surface area contributed by atoms with E-state index in [1.807, 2.05) is 44.2 Å². The quantitative estimate of drug-likeness (QED) is 0.673. The zero-order valence-corrected chi connectivity index (χ0v) is 16.1. The maximum atomic E-state index is 12.6. The van der Waals surface area contributed by atoms with Crippen LogP contribution < -0.4 is 15.4 Å². The Balaban J connectivity index is 1.77. The Hall–Kier alpha value is -3.60. The van der Waals surface area contributed by atoms with Gasteiger partial charge in [-0.25, -0.2) is 0 Å². The molecule has 0 aromatic heterocycles. The highest BCUT2D eigenvalue weighted by molar-refractivity contribution is 6.09. The Morgan fingerprint density at radius 2 is 1.39 bits per heavy atom. The number of carbonyl (C=O) groups is 2. The molecule has 3 rings (SSSR count). The van der Waals surface area contributed by atoms with Gasteiger partial charge >= 0.3 is 0 Å². The zero-order valence-electron chi connectivity index (χ0n) is 16.1. The van der Waals surface area contributed by atoms with Gasteiger partial charge in [0, 0.05) is 16.8 Å². The van der Waals surface area contributed by atoms with E-state index in [9.17, 15) is 9.59 Å². The molecule has 142 valence electrons. The molecule has 0 spiro atoms. The largest absolute Gasteiger partial charge is 0.495 e. The Bertz CT molecular complexity index is 1030. The van der Waals surface area contributed by atoms with Crippen molar-refractivity contribution in [1.82, 2.24) is 0 Å². The van der Waals surface area contributed by atoms with Crippen LogP contribution in [0.2, 0.25) is 0 Å². The molecule has 0 atom stereocenters. The van der Waals surface area contributed by atoms with E-state index in [4.69, 9.17) is 4.74 Å². The smallest absolute Gasteiger partial charge is 0.255 e. The van der Waals surface area contributed by atoms with Crippen LogP contribution in [0.25, 0.3) is 0 Å². The first-order chi connectivity index (χ1) is 13.5. The Morgan fingerprint density at radius 1 is 0.750 bits per heavy atom. The van der Waals surface area contributed by atoms with Crippen molar-refractivity contribution >= 4 is 23.2 Å². The second-order valence-electron chi connectivity index (χ2n) is 6.51. The molecule has 0 saturated carbocycles. The van der Waals surface area contributed by atoms with Gasteiger partial charge in [0.05, 0.1) is 12.8 Å². The van der Waals surface area contributed by atoms with Crippen molar-refractivity contribution in [1.29, 1.82) is 0 Å². The average molecular weight is 374 g/mol. The van der Waals surface area contributed by atoms with E-state index in [0.717, 1.165) is 16.8 Å². The minimum absolute atomic E-state index is 0.265. The fourth-order valence-electron chi connectivity index (χ4n) is 2.89. The lowest BCUT2D eigenvalue weighted by Crippen LogP contribution is -2.16. The van der Waals surface area contributed by atoms with Crippen LogP contribution in [-0.2, 0) is 0 Å². The lowest BCUT2D eigenvalue weighted by atomic mass is 10.1. The fourth-order valence-corrected chi connectivity index (χ4v) is 2.89. The second-order valence-corrected chi connectivity index (χ2v) is 6.51. The van der Waals surface area contributed by atoms with Crippen LogP contribution in [0.5, 0.6) is 5.75 Å². The van der Waals surface area contributed by atoms with Gasteiger partial charge in [-0.05, 0) is 55.8 Å². The third-order valence-corrected chi connectivity index (χ3v) is 4.37. The molecule has 2 amide bonds. The van der Waals surface area contributed by atoms with E-state index < -0.39 is 0 Å². The van der Waals surface area contributed by atoms with Gasteiger partial charge in [-0.15, -0.1) is 0 Å². The molecule has 0 heterocycles. The molecule has 5 heteroatoms. The van der Waals surface area contributed by atoms with Gasteiger partial charge in [-0.2, -0.15) is 0 Å². The van der Waals surface area contributed by atoms with Crippen molar-refractivity contribution in [3.05, 3.63) is 89.0 Å². The topological polar surface area (TPSA) is 67.4 Å². The molecule has 2 N–H and O–H groups in total. The minimum atomic E-state index is -0.314. The van der Waals surface area contributed by atoms with Gasteiger partial charge < -0.3 is 15.4 Å². The first-order valence-corrected chi connectivity index (χ1v) is 8.91. The zero-order chi connectivity index (χ0) is 20.1. The Labute approximate surface area is 164 Å². The summed E-state index contributed by atoms with van der Waals surface area (Å²) >= 11 is 0. The number of para-hydroxylation sites is 2. The SMILES string of the molecule is COc1ccccc1NC(=O)c1cccc(C(=O)Nc2ccc(C)cc2C)c1. The summed E-state index contributed by atoms with van der Waals surface area (Å²) in [5, 5.41) is 5.71. The third-order valence-electron chi connectivity index (χ3n) is 4.37. The summed E-state index contributed by atoms with van der Waals surface area (Å²) in [6.45, 7) is 3.95. The molecule has 0 aliphatic carbocycles. The van der Waals surface area contributed by atoms with Crippen molar-refractivity contribution in [2.75, 3.05) is 17.7 Å². The van der Waals surface area contributed by atoms with Crippen molar-refractivity contribution in [2.24, 2.45) is 0 Å². The lowest BCUT2D eigenvalue weighted by molar-refractivity contribution is 0.102. The molecular formula is C23H22N2O3. The van der Waals surface area contributed by atoms with Gasteiger partial charge in [0.25, 0.3) is 11.8 Å². The molecule has 28 heavy (non-hydrogen) atoms. The molecule has 3 aromatic carbocycles. The number of carbonyl (C=O) groups excluding carboxylic acids is 2. The van der Waals surface area contributed by atoms with Gasteiger partial charge in [0.15, 0.2) is 0 Å². The van der Waals surface area contributed by atoms with Crippen LogP contribution in [0.3, 0.4) is 0 Å². The number of benzene rings is 3. The number of rotatable bonds is 5. The highest BCUT2D eigenvalue weighted by atomic mass is 16.5. The normalized spacial score (nSPS) is 10.2. The average Bonchev–Trinajstić information content (AvgIpc) is 2.70. The van der Waals surface area contributed by atoms with Crippen molar-refractivity contribution in [3.63, 3.8) is 0 Å². The van der Waals surface area contributed by atoms with E-state index in [0.29, 0.717) is 22.6 Å². The summed E-state index contributed by atoms with van der Waals surface area (Å²) < 4.78 is 5.25. The Kier molecular flexibility index (Phi) is 5.75. The van der Waals surface area contributed by atoms with Crippen LogP contribution in [0, 0.1) is 13.8 Å². The first kappa shape index (κ1) is 19.2. The monoisotopic (exact) mass is 374 g/mol. The predicted molar refractivity (Wildman–Crippen MR) is 111 cm³/mol. The number of amides is 2. The predicted octanol–water partition coefficient (Wildman–Crippen LogP) is 4.82. The van der Waals surface area contributed by atoms with Crippen LogP contribution in [0.15, 0.2) is 66.7 Å². The molecule has 0 radical (unpaired) electrons. The maximum absolute atomic E-state index is 12.6. The van der Waals surface area contributed by atoms with E-state index in [2.05, 4.69) is 10.6 Å². The molecule has 0 aliphatic rings. The number of anilines is 2. The van der Waals surface area contributed by atoms with Crippen LogP contribution in [-0.4, -0.2) is 18.9 Å². The molecule has 0 saturated heterocycles. The molecular weight excluding hydrogens is 352 g/mol. The molecule has 3 aromatic rings. The molecule has 0 aliphatic heterocycles.